The number of nitrogens with zero attached hydrogens (tertiary/aromatic N) is 6. The van der Waals surface area contributed by atoms with Crippen LogP contribution >= 0.6 is 0 Å². The van der Waals surface area contributed by atoms with Crippen LogP contribution in [-0.2, 0) is 6.54 Å². The fourth-order valence-electron chi connectivity index (χ4n) is 5.24. The van der Waals surface area contributed by atoms with E-state index in [1.165, 1.54) is 6.33 Å². The standard InChI is InChI=1S/C23H28N6O2/c1-15-6-16(2)28(26-15)10-17-4-3-5-18(7-17)23(31)27-11-19-8-21(29-14-24-13-25-29)22(30)9-20(19)12-27/h3-7,13-14,19-22,30H,8-12H2,1-2H3/t19-,20+,21-,22-/m1/s1. The minimum absolute atomic E-state index is 0.0661. The van der Waals surface area contributed by atoms with Gasteiger partial charge in [-0.15, -0.1) is 0 Å². The number of aliphatic hydroxyl groups excluding tert-OH is 1. The van der Waals surface area contributed by atoms with Gasteiger partial charge in [0.2, 0.25) is 0 Å². The van der Waals surface area contributed by atoms with E-state index in [0.29, 0.717) is 36.9 Å². The van der Waals surface area contributed by atoms with Crippen molar-refractivity contribution in [3.05, 3.63) is 65.5 Å². The smallest absolute Gasteiger partial charge is 0.253 e. The highest BCUT2D eigenvalue weighted by molar-refractivity contribution is 5.94. The molecule has 8 heteroatoms. The van der Waals surface area contributed by atoms with E-state index in [2.05, 4.69) is 21.2 Å². The zero-order valence-corrected chi connectivity index (χ0v) is 17.9. The summed E-state index contributed by atoms with van der Waals surface area (Å²) in [7, 11) is 0. The monoisotopic (exact) mass is 420 g/mol. The average Bonchev–Trinajstić information content (AvgIpc) is 3.47. The SMILES string of the molecule is Cc1cc(C)n(Cc2cccc(C(=O)N3C[C@H]4C[C@@H](n5cncn5)[C@H](O)C[C@H]4C3)c2)n1. The van der Waals surface area contributed by atoms with Crippen LogP contribution in [0.5, 0.6) is 0 Å². The lowest BCUT2D eigenvalue weighted by atomic mass is 9.77. The summed E-state index contributed by atoms with van der Waals surface area (Å²) in [5.41, 5.74) is 3.88. The van der Waals surface area contributed by atoms with E-state index in [0.717, 1.165) is 29.9 Å². The van der Waals surface area contributed by atoms with Crippen molar-refractivity contribution in [3.8, 4) is 0 Å². The highest BCUT2D eigenvalue weighted by atomic mass is 16.3. The maximum absolute atomic E-state index is 13.3. The van der Waals surface area contributed by atoms with Gasteiger partial charge in [0.05, 0.1) is 24.4 Å². The van der Waals surface area contributed by atoms with Crippen LogP contribution in [0.3, 0.4) is 0 Å². The van der Waals surface area contributed by atoms with Gasteiger partial charge in [-0.3, -0.25) is 9.48 Å². The number of aryl methyl sites for hydroxylation is 2. The summed E-state index contributed by atoms with van der Waals surface area (Å²) < 4.78 is 3.73. The van der Waals surface area contributed by atoms with Crippen molar-refractivity contribution in [1.29, 1.82) is 0 Å². The van der Waals surface area contributed by atoms with Crippen molar-refractivity contribution in [3.63, 3.8) is 0 Å². The first-order valence-electron chi connectivity index (χ1n) is 10.9. The van der Waals surface area contributed by atoms with Gasteiger partial charge in [0.25, 0.3) is 5.91 Å². The van der Waals surface area contributed by atoms with Gasteiger partial charge in [-0.2, -0.15) is 10.2 Å². The summed E-state index contributed by atoms with van der Waals surface area (Å²) in [6.45, 7) is 6.11. The van der Waals surface area contributed by atoms with Gasteiger partial charge >= 0.3 is 0 Å². The molecule has 3 aromatic rings. The minimum atomic E-state index is -0.456. The summed E-state index contributed by atoms with van der Waals surface area (Å²) in [5, 5.41) is 19.4. The van der Waals surface area contributed by atoms with Crippen molar-refractivity contribution in [2.24, 2.45) is 11.8 Å². The Balaban J connectivity index is 1.29. The molecule has 4 atom stereocenters. The Morgan fingerprint density at radius 2 is 1.97 bits per heavy atom. The van der Waals surface area contributed by atoms with Crippen LogP contribution in [0.4, 0.5) is 0 Å². The molecule has 1 aliphatic carbocycles. The van der Waals surface area contributed by atoms with Crippen LogP contribution in [0.15, 0.2) is 43.0 Å². The highest BCUT2D eigenvalue weighted by Gasteiger charge is 2.43. The predicted molar refractivity (Wildman–Crippen MR) is 114 cm³/mol. The number of hydrogen-bond donors (Lipinski definition) is 1. The van der Waals surface area contributed by atoms with Crippen molar-refractivity contribution in [2.45, 2.75) is 45.4 Å². The lowest BCUT2D eigenvalue weighted by Crippen LogP contribution is -2.36. The maximum Gasteiger partial charge on any atom is 0.253 e. The first-order valence-corrected chi connectivity index (χ1v) is 10.9. The molecule has 8 nitrogen and oxygen atoms in total. The van der Waals surface area contributed by atoms with Crippen molar-refractivity contribution in [1.82, 2.24) is 29.4 Å². The fourth-order valence-corrected chi connectivity index (χ4v) is 5.24. The molecule has 0 bridgehead atoms. The molecule has 31 heavy (non-hydrogen) atoms. The molecule has 2 fully saturated rings. The summed E-state index contributed by atoms with van der Waals surface area (Å²) >= 11 is 0. The number of aromatic nitrogens is 5. The first-order chi connectivity index (χ1) is 15.0. The molecule has 2 aliphatic rings. The van der Waals surface area contributed by atoms with Gasteiger partial charge in [0.1, 0.15) is 12.7 Å². The van der Waals surface area contributed by atoms with E-state index < -0.39 is 6.10 Å². The van der Waals surface area contributed by atoms with E-state index in [1.54, 1.807) is 11.0 Å². The zero-order valence-electron chi connectivity index (χ0n) is 17.9. The molecule has 2 aromatic heterocycles. The van der Waals surface area contributed by atoms with Crippen molar-refractivity contribution >= 4 is 5.91 Å². The number of hydrogen-bond acceptors (Lipinski definition) is 5. The number of amides is 1. The van der Waals surface area contributed by atoms with Crippen molar-refractivity contribution < 1.29 is 9.90 Å². The van der Waals surface area contributed by atoms with E-state index in [1.807, 2.05) is 47.7 Å². The van der Waals surface area contributed by atoms with Gasteiger partial charge in [0.15, 0.2) is 0 Å². The normalized spacial score (nSPS) is 25.6. The summed E-state index contributed by atoms with van der Waals surface area (Å²) in [6.07, 6.45) is 4.22. The largest absolute Gasteiger partial charge is 0.391 e. The van der Waals surface area contributed by atoms with E-state index >= 15 is 0 Å². The van der Waals surface area contributed by atoms with Crippen molar-refractivity contribution in [2.75, 3.05) is 13.1 Å². The predicted octanol–water partition coefficient (Wildman–Crippen LogP) is 2.22. The Kier molecular flexibility index (Phi) is 5.09. The van der Waals surface area contributed by atoms with Gasteiger partial charge in [-0.1, -0.05) is 12.1 Å². The molecule has 1 N–H and O–H groups in total. The molecule has 1 aliphatic heterocycles. The minimum Gasteiger partial charge on any atom is -0.391 e. The second kappa shape index (κ2) is 7.92. The highest BCUT2D eigenvalue weighted by Crippen LogP contribution is 2.41. The molecule has 5 rings (SSSR count). The van der Waals surface area contributed by atoms with Crippen LogP contribution in [0.1, 0.15) is 46.2 Å². The molecule has 0 spiro atoms. The molecular formula is C23H28N6O2. The quantitative estimate of drug-likeness (QED) is 0.699. The molecular weight excluding hydrogens is 392 g/mol. The third-order valence-electron chi connectivity index (χ3n) is 6.78. The second-order valence-electron chi connectivity index (χ2n) is 9.00. The molecule has 1 saturated carbocycles. The Labute approximate surface area is 181 Å². The van der Waals surface area contributed by atoms with Crippen LogP contribution in [0.2, 0.25) is 0 Å². The Morgan fingerprint density at radius 3 is 2.68 bits per heavy atom. The number of fused-ring (bicyclic) bond motifs is 1. The third kappa shape index (κ3) is 3.87. The van der Waals surface area contributed by atoms with Gasteiger partial charge in [-0.05, 0) is 62.3 Å². The van der Waals surface area contributed by atoms with E-state index in [-0.39, 0.29) is 11.9 Å². The molecule has 1 aromatic carbocycles. The van der Waals surface area contributed by atoms with E-state index in [4.69, 9.17) is 0 Å². The average molecular weight is 421 g/mol. The lowest BCUT2D eigenvalue weighted by Gasteiger charge is -2.34. The molecule has 162 valence electrons. The number of rotatable bonds is 4. The molecule has 1 amide bonds. The van der Waals surface area contributed by atoms with Gasteiger partial charge in [-0.25, -0.2) is 9.67 Å². The zero-order chi connectivity index (χ0) is 21.5. The molecule has 1 saturated heterocycles. The van der Waals surface area contributed by atoms with Gasteiger partial charge < -0.3 is 10.0 Å². The number of benzene rings is 1. The number of carbonyl (C=O) groups is 1. The summed E-state index contributed by atoms with van der Waals surface area (Å²) in [6, 6.07) is 9.85. The Bertz CT molecular complexity index is 1080. The lowest BCUT2D eigenvalue weighted by molar-refractivity contribution is 0.0304. The molecule has 3 heterocycles. The van der Waals surface area contributed by atoms with Crippen LogP contribution < -0.4 is 0 Å². The topological polar surface area (TPSA) is 89.1 Å². The van der Waals surface area contributed by atoms with Gasteiger partial charge in [0, 0.05) is 24.3 Å². The maximum atomic E-state index is 13.3. The Hall–Kier alpha value is -3.00. The Morgan fingerprint density at radius 1 is 1.16 bits per heavy atom. The number of carbonyl (C=O) groups excluding carboxylic acids is 1. The molecule has 0 unspecified atom stereocenters. The number of aliphatic hydroxyl groups is 1. The third-order valence-corrected chi connectivity index (χ3v) is 6.78. The van der Waals surface area contributed by atoms with E-state index in [9.17, 15) is 9.90 Å². The second-order valence-corrected chi connectivity index (χ2v) is 9.00. The van der Waals surface area contributed by atoms with Crippen LogP contribution in [0, 0.1) is 25.7 Å². The summed E-state index contributed by atoms with van der Waals surface area (Å²) in [5.74, 6) is 0.771. The van der Waals surface area contributed by atoms with Crippen LogP contribution in [0.25, 0.3) is 0 Å². The van der Waals surface area contributed by atoms with Crippen LogP contribution in [-0.4, -0.2) is 59.7 Å². The fraction of sp³-hybridized carbons (Fsp3) is 0.478. The summed E-state index contributed by atoms with van der Waals surface area (Å²) in [4.78, 5) is 19.2. The number of likely N-dealkylation sites (tertiary alicyclic amines) is 1. The first kappa shape index (κ1) is 19.9. The molecule has 0 radical (unpaired) electrons.